The number of rotatable bonds is 5. The third kappa shape index (κ3) is 6.45. The minimum atomic E-state index is -1.81. The second kappa shape index (κ2) is 12.8. The van der Waals surface area contributed by atoms with Crippen molar-refractivity contribution in [2.45, 2.75) is 150 Å². The van der Waals surface area contributed by atoms with E-state index in [1.165, 1.54) is 6.92 Å². The molecule has 0 aromatic carbocycles. The van der Waals surface area contributed by atoms with Gasteiger partial charge in [-0.1, -0.05) is 0 Å². The minimum Gasteiger partial charge on any atom is -0.393 e. The molecule has 0 amide bonds. The van der Waals surface area contributed by atoms with Crippen molar-refractivity contribution in [3.8, 4) is 0 Å². The molecule has 15 nitrogen and oxygen atoms in total. The van der Waals surface area contributed by atoms with Crippen LogP contribution in [0.15, 0.2) is 0 Å². The molecule has 0 aromatic heterocycles. The Kier molecular flexibility index (Phi) is 9.92. The van der Waals surface area contributed by atoms with Crippen molar-refractivity contribution in [2.75, 3.05) is 0 Å². The van der Waals surface area contributed by atoms with Crippen molar-refractivity contribution >= 4 is 0 Å². The highest BCUT2D eigenvalue weighted by molar-refractivity contribution is 4.99. The number of ether oxygens (including phenoxy) is 5. The summed E-state index contributed by atoms with van der Waals surface area (Å²) in [6.45, 7) is 1.44. The molecule has 10 N–H and O–H groups in total. The first-order valence-corrected chi connectivity index (χ1v) is 14.4. The summed E-state index contributed by atoms with van der Waals surface area (Å²) in [5.41, 5.74) is 0. The summed E-state index contributed by atoms with van der Waals surface area (Å²) in [6, 6.07) is 0. The highest BCUT2D eigenvalue weighted by atomic mass is 16.8. The highest BCUT2D eigenvalue weighted by Gasteiger charge is 2.53. The van der Waals surface area contributed by atoms with Crippen LogP contribution in [0.5, 0.6) is 0 Å². The molecule has 0 aromatic rings. The molecular weight excluding hydrogens is 552 g/mol. The fourth-order valence-corrected chi connectivity index (χ4v) is 6.88. The molecule has 0 radical (unpaired) electrons. The minimum absolute atomic E-state index is 0.155. The van der Waals surface area contributed by atoms with Crippen LogP contribution in [0.1, 0.15) is 45.4 Å². The lowest BCUT2D eigenvalue weighted by Gasteiger charge is -2.51. The Morgan fingerprint density at radius 1 is 0.537 bits per heavy atom. The van der Waals surface area contributed by atoms with E-state index >= 15 is 0 Å². The van der Waals surface area contributed by atoms with Crippen LogP contribution in [0, 0.1) is 11.8 Å². The molecule has 238 valence electrons. The quantitative estimate of drug-likeness (QED) is 0.144. The lowest BCUT2D eigenvalue weighted by Crippen LogP contribution is -2.64. The van der Waals surface area contributed by atoms with Crippen LogP contribution < -0.4 is 0 Å². The molecule has 19 atom stereocenters. The van der Waals surface area contributed by atoms with Gasteiger partial charge in [0.2, 0.25) is 0 Å². The monoisotopic (exact) mass is 596 g/mol. The van der Waals surface area contributed by atoms with Crippen molar-refractivity contribution in [1.82, 2.24) is 0 Å². The van der Waals surface area contributed by atoms with Crippen LogP contribution in [-0.2, 0) is 23.7 Å². The molecule has 3 heterocycles. The maximum absolute atomic E-state index is 10.8. The standard InChI is InChI=1S/C26H44O15/c1-8-17(31)18(32)20(34)24(37-8)40-26-22(36)19(33)21(35)25(41-26)39-16-7-11-13(29)5-10(27)6-15(11)38-23(16)9-2-3-12(28)14(30)4-9/h8-36H,2-7H2,1H3. The number of aliphatic hydroxyl groups is 10. The van der Waals surface area contributed by atoms with Crippen LogP contribution in [0.3, 0.4) is 0 Å². The molecule has 3 saturated heterocycles. The zero-order valence-corrected chi connectivity index (χ0v) is 22.7. The van der Waals surface area contributed by atoms with Gasteiger partial charge in [-0.25, -0.2) is 0 Å². The summed E-state index contributed by atoms with van der Waals surface area (Å²) in [4.78, 5) is 0. The second-order valence-electron chi connectivity index (χ2n) is 12.3. The molecule has 0 bridgehead atoms. The Hall–Kier alpha value is -0.600. The smallest absolute Gasteiger partial charge is 0.192 e. The van der Waals surface area contributed by atoms with Crippen LogP contribution in [0.4, 0.5) is 0 Å². The van der Waals surface area contributed by atoms with E-state index in [9.17, 15) is 51.1 Å². The van der Waals surface area contributed by atoms with Gasteiger partial charge in [-0.3, -0.25) is 0 Å². The van der Waals surface area contributed by atoms with Gasteiger partial charge in [0, 0.05) is 5.92 Å². The summed E-state index contributed by atoms with van der Waals surface area (Å²) in [6.07, 6.45) is -19.7. The first-order chi connectivity index (χ1) is 19.3. The number of aliphatic hydroxyl groups excluding tert-OH is 10. The topological polar surface area (TPSA) is 248 Å². The van der Waals surface area contributed by atoms with Gasteiger partial charge < -0.3 is 74.7 Å². The Balaban J connectivity index is 1.33. The van der Waals surface area contributed by atoms with Crippen molar-refractivity contribution in [1.29, 1.82) is 0 Å². The highest BCUT2D eigenvalue weighted by Crippen LogP contribution is 2.43. The zero-order chi connectivity index (χ0) is 29.7. The molecule has 5 aliphatic rings. The summed E-state index contributed by atoms with van der Waals surface area (Å²) >= 11 is 0. The van der Waals surface area contributed by atoms with E-state index in [2.05, 4.69) is 0 Å². The normalized spacial score (nSPS) is 56.7. The van der Waals surface area contributed by atoms with E-state index in [-0.39, 0.29) is 25.2 Å². The fraction of sp³-hybridized carbons (Fsp3) is 1.00. The maximum atomic E-state index is 10.8. The molecule has 2 saturated carbocycles. The van der Waals surface area contributed by atoms with E-state index in [1.54, 1.807) is 0 Å². The molecule has 15 heteroatoms. The maximum Gasteiger partial charge on any atom is 0.192 e. The second-order valence-corrected chi connectivity index (χ2v) is 12.3. The summed E-state index contributed by atoms with van der Waals surface area (Å²) in [5, 5.41) is 104. The van der Waals surface area contributed by atoms with Crippen molar-refractivity contribution < 1.29 is 74.7 Å². The summed E-state index contributed by atoms with van der Waals surface area (Å²) < 4.78 is 29.2. The number of hydrogen-bond acceptors (Lipinski definition) is 15. The zero-order valence-electron chi connectivity index (χ0n) is 22.7. The van der Waals surface area contributed by atoms with Crippen molar-refractivity contribution in [3.63, 3.8) is 0 Å². The number of hydrogen-bond donors (Lipinski definition) is 10. The van der Waals surface area contributed by atoms with Gasteiger partial charge in [0.15, 0.2) is 18.9 Å². The van der Waals surface area contributed by atoms with Gasteiger partial charge in [0.05, 0.1) is 48.8 Å². The third-order valence-electron chi connectivity index (χ3n) is 9.39. The van der Waals surface area contributed by atoms with Crippen LogP contribution in [0.2, 0.25) is 0 Å². The van der Waals surface area contributed by atoms with Crippen LogP contribution in [0.25, 0.3) is 0 Å². The van der Waals surface area contributed by atoms with Gasteiger partial charge in [-0.2, -0.15) is 0 Å². The first-order valence-electron chi connectivity index (χ1n) is 14.4. The van der Waals surface area contributed by atoms with Gasteiger partial charge >= 0.3 is 0 Å². The lowest BCUT2D eigenvalue weighted by molar-refractivity contribution is -0.405. The number of fused-ring (bicyclic) bond motifs is 1. The average Bonchev–Trinajstić information content (AvgIpc) is 2.93. The molecule has 5 rings (SSSR count). The SMILES string of the molecule is CC1OC(OC2OC(OC3CC4C(O)CC(O)CC4OC3C3CCC(O)C(O)C3)C(O)C(O)C2O)C(O)C(O)C1O. The van der Waals surface area contributed by atoms with Crippen LogP contribution >= 0.6 is 0 Å². The van der Waals surface area contributed by atoms with Crippen LogP contribution in [-0.4, -0.2) is 155 Å². The van der Waals surface area contributed by atoms with Gasteiger partial charge in [0.25, 0.3) is 0 Å². The van der Waals surface area contributed by atoms with E-state index in [0.717, 1.165) is 0 Å². The Labute approximate surface area is 236 Å². The van der Waals surface area contributed by atoms with Gasteiger partial charge in [-0.15, -0.1) is 0 Å². The average molecular weight is 597 g/mol. The Morgan fingerprint density at radius 3 is 1.80 bits per heavy atom. The van der Waals surface area contributed by atoms with E-state index in [4.69, 9.17) is 23.7 Å². The van der Waals surface area contributed by atoms with Gasteiger partial charge in [-0.05, 0) is 51.4 Å². The molecule has 3 aliphatic heterocycles. The van der Waals surface area contributed by atoms with Gasteiger partial charge in [0.1, 0.15) is 36.6 Å². The predicted octanol–water partition coefficient (Wildman–Crippen LogP) is -4.21. The van der Waals surface area contributed by atoms with Crippen molar-refractivity contribution in [3.05, 3.63) is 0 Å². The van der Waals surface area contributed by atoms with E-state index < -0.39 is 110 Å². The summed E-state index contributed by atoms with van der Waals surface area (Å²) in [7, 11) is 0. The molecule has 5 fully saturated rings. The molecule has 19 unspecified atom stereocenters. The Bertz CT molecular complexity index is 867. The molecular formula is C26H44O15. The molecule has 0 spiro atoms. The Morgan fingerprint density at radius 2 is 1.15 bits per heavy atom. The van der Waals surface area contributed by atoms with Crippen molar-refractivity contribution in [2.24, 2.45) is 11.8 Å². The fourth-order valence-electron chi connectivity index (χ4n) is 6.88. The van der Waals surface area contributed by atoms with E-state index in [1.807, 2.05) is 0 Å². The van der Waals surface area contributed by atoms with E-state index in [0.29, 0.717) is 19.3 Å². The first kappa shape index (κ1) is 31.8. The predicted molar refractivity (Wildman–Crippen MR) is 132 cm³/mol. The third-order valence-corrected chi connectivity index (χ3v) is 9.39. The molecule has 41 heavy (non-hydrogen) atoms. The largest absolute Gasteiger partial charge is 0.393 e. The summed E-state index contributed by atoms with van der Waals surface area (Å²) in [5.74, 6) is -0.693. The molecule has 2 aliphatic carbocycles. The lowest BCUT2D eigenvalue weighted by atomic mass is 9.72.